The minimum atomic E-state index is -0.803. The molecule has 0 fully saturated rings. The molecule has 0 aliphatic carbocycles. The number of carbonyl (C=O) groups is 1. The van der Waals surface area contributed by atoms with Gasteiger partial charge in [0, 0.05) is 13.1 Å². The minimum absolute atomic E-state index is 0.100. The number of aliphatic hydroxyl groups is 1. The zero-order valence-electron chi connectivity index (χ0n) is 13.6. The van der Waals surface area contributed by atoms with Gasteiger partial charge in [0.1, 0.15) is 5.82 Å². The quantitative estimate of drug-likeness (QED) is 0.667. The third-order valence-electron chi connectivity index (χ3n) is 4.00. The number of rotatable bonds is 5. The fraction of sp³-hybridized carbons (Fsp3) is 0.150. The molecule has 1 unspecified atom stereocenters. The second-order valence-electron chi connectivity index (χ2n) is 5.77. The van der Waals surface area contributed by atoms with Crippen LogP contribution in [0, 0.1) is 5.82 Å². The van der Waals surface area contributed by atoms with Gasteiger partial charge < -0.3 is 15.7 Å². The van der Waals surface area contributed by atoms with Crippen LogP contribution in [0.5, 0.6) is 0 Å². The summed E-state index contributed by atoms with van der Waals surface area (Å²) in [7, 11) is 0. The molecule has 3 aromatic carbocycles. The number of fused-ring (bicyclic) bond motifs is 1. The molecule has 3 aromatic rings. The first-order chi connectivity index (χ1) is 12.1. The fourth-order valence-corrected chi connectivity index (χ4v) is 2.69. The number of aliphatic hydroxyl groups excluding tert-OH is 1. The monoisotopic (exact) mass is 338 g/mol. The molecule has 0 heterocycles. The van der Waals surface area contributed by atoms with Crippen molar-refractivity contribution < 1.29 is 14.3 Å². The van der Waals surface area contributed by atoms with Crippen molar-refractivity contribution in [2.75, 3.05) is 6.54 Å². The van der Waals surface area contributed by atoms with Crippen LogP contribution < -0.4 is 10.6 Å². The molecule has 3 rings (SSSR count). The van der Waals surface area contributed by atoms with Crippen LogP contribution in [0.25, 0.3) is 10.8 Å². The average Bonchev–Trinajstić information content (AvgIpc) is 2.65. The lowest BCUT2D eigenvalue weighted by Gasteiger charge is -2.15. The molecule has 0 saturated heterocycles. The summed E-state index contributed by atoms with van der Waals surface area (Å²) in [5.74, 6) is -0.314. The van der Waals surface area contributed by atoms with Crippen molar-refractivity contribution in [3.8, 4) is 0 Å². The number of hydrogen-bond donors (Lipinski definition) is 3. The topological polar surface area (TPSA) is 61.4 Å². The predicted molar refractivity (Wildman–Crippen MR) is 95.5 cm³/mol. The van der Waals surface area contributed by atoms with Crippen molar-refractivity contribution >= 4 is 16.8 Å². The Morgan fingerprint density at radius 1 is 0.960 bits per heavy atom. The Labute approximate surface area is 145 Å². The highest BCUT2D eigenvalue weighted by molar-refractivity contribution is 5.86. The van der Waals surface area contributed by atoms with Crippen molar-refractivity contribution in [3.63, 3.8) is 0 Å². The summed E-state index contributed by atoms with van der Waals surface area (Å²) in [5, 5.41) is 17.7. The molecule has 0 aromatic heterocycles. The maximum absolute atomic E-state index is 12.8. The predicted octanol–water partition coefficient (Wildman–Crippen LogP) is 3.51. The summed E-state index contributed by atoms with van der Waals surface area (Å²) in [6.07, 6.45) is -0.803. The Morgan fingerprint density at radius 3 is 2.48 bits per heavy atom. The van der Waals surface area contributed by atoms with E-state index in [0.717, 1.165) is 21.9 Å². The van der Waals surface area contributed by atoms with E-state index in [-0.39, 0.29) is 24.9 Å². The van der Waals surface area contributed by atoms with Gasteiger partial charge in [-0.15, -0.1) is 0 Å². The lowest BCUT2D eigenvalue weighted by atomic mass is 10.0. The summed E-state index contributed by atoms with van der Waals surface area (Å²) in [4.78, 5) is 11.9. The van der Waals surface area contributed by atoms with E-state index in [2.05, 4.69) is 10.6 Å². The molecule has 3 N–H and O–H groups in total. The fourth-order valence-electron chi connectivity index (χ4n) is 2.69. The van der Waals surface area contributed by atoms with Gasteiger partial charge in [-0.3, -0.25) is 0 Å². The Balaban J connectivity index is 1.55. The van der Waals surface area contributed by atoms with E-state index in [0.29, 0.717) is 0 Å². The third-order valence-corrected chi connectivity index (χ3v) is 4.00. The van der Waals surface area contributed by atoms with Crippen molar-refractivity contribution in [2.24, 2.45) is 0 Å². The van der Waals surface area contributed by atoms with Crippen LogP contribution in [-0.2, 0) is 6.54 Å². The van der Waals surface area contributed by atoms with Gasteiger partial charge in [0.2, 0.25) is 0 Å². The number of benzene rings is 3. The van der Waals surface area contributed by atoms with Crippen molar-refractivity contribution in [2.45, 2.75) is 12.6 Å². The Hall–Kier alpha value is -2.92. The highest BCUT2D eigenvalue weighted by Gasteiger charge is 2.12. The van der Waals surface area contributed by atoms with Crippen LogP contribution in [0.1, 0.15) is 17.2 Å². The van der Waals surface area contributed by atoms with Crippen LogP contribution in [0.15, 0.2) is 66.7 Å². The summed E-state index contributed by atoms with van der Waals surface area (Å²) in [6.45, 7) is 0.389. The number of hydrogen-bond acceptors (Lipinski definition) is 2. The standard InChI is InChI=1S/C20H19FN2O2/c21-16-10-8-14(9-11-16)12-22-20(25)23-13-19(24)18-7-3-5-15-4-1-2-6-17(15)18/h1-11,19,24H,12-13H2,(H2,22,23,25). The van der Waals surface area contributed by atoms with Crippen molar-refractivity contribution in [1.29, 1.82) is 0 Å². The first kappa shape index (κ1) is 16.9. The van der Waals surface area contributed by atoms with E-state index in [1.54, 1.807) is 12.1 Å². The molecule has 4 nitrogen and oxygen atoms in total. The molecular weight excluding hydrogens is 319 g/mol. The van der Waals surface area contributed by atoms with Crippen molar-refractivity contribution in [3.05, 3.63) is 83.7 Å². The maximum atomic E-state index is 12.8. The number of carbonyl (C=O) groups excluding carboxylic acids is 1. The molecule has 5 heteroatoms. The molecule has 0 bridgehead atoms. The van der Waals surface area contributed by atoms with Crippen LogP contribution >= 0.6 is 0 Å². The van der Waals surface area contributed by atoms with Gasteiger partial charge in [0.25, 0.3) is 0 Å². The zero-order valence-corrected chi connectivity index (χ0v) is 13.6. The molecule has 0 radical (unpaired) electrons. The number of nitrogens with one attached hydrogen (secondary N) is 2. The number of amides is 2. The second kappa shape index (κ2) is 7.77. The van der Waals surface area contributed by atoms with E-state index >= 15 is 0 Å². The SMILES string of the molecule is O=C(NCc1ccc(F)cc1)NCC(O)c1cccc2ccccc12. The van der Waals surface area contributed by atoms with E-state index in [1.165, 1.54) is 12.1 Å². The average molecular weight is 338 g/mol. The highest BCUT2D eigenvalue weighted by Crippen LogP contribution is 2.23. The highest BCUT2D eigenvalue weighted by atomic mass is 19.1. The normalized spacial score (nSPS) is 11.9. The molecule has 0 aliphatic heterocycles. The van der Waals surface area contributed by atoms with E-state index in [1.807, 2.05) is 42.5 Å². The molecule has 0 spiro atoms. The maximum Gasteiger partial charge on any atom is 0.315 e. The Morgan fingerprint density at radius 2 is 1.68 bits per heavy atom. The van der Waals surface area contributed by atoms with Gasteiger partial charge in [-0.1, -0.05) is 54.6 Å². The van der Waals surface area contributed by atoms with Gasteiger partial charge in [-0.25, -0.2) is 9.18 Å². The first-order valence-corrected chi connectivity index (χ1v) is 8.05. The third kappa shape index (κ3) is 4.33. The summed E-state index contributed by atoms with van der Waals surface area (Å²) >= 11 is 0. The summed E-state index contributed by atoms with van der Waals surface area (Å²) in [5.41, 5.74) is 1.57. The first-order valence-electron chi connectivity index (χ1n) is 8.05. The van der Waals surface area contributed by atoms with Gasteiger partial charge in [-0.2, -0.15) is 0 Å². The van der Waals surface area contributed by atoms with Crippen LogP contribution in [0.4, 0.5) is 9.18 Å². The van der Waals surface area contributed by atoms with Crippen LogP contribution in [0.2, 0.25) is 0 Å². The molecule has 0 aliphatic rings. The van der Waals surface area contributed by atoms with E-state index in [4.69, 9.17) is 0 Å². The number of halogens is 1. The van der Waals surface area contributed by atoms with Crippen LogP contribution in [0.3, 0.4) is 0 Å². The minimum Gasteiger partial charge on any atom is -0.387 e. The van der Waals surface area contributed by atoms with Crippen LogP contribution in [-0.4, -0.2) is 17.7 Å². The van der Waals surface area contributed by atoms with E-state index in [9.17, 15) is 14.3 Å². The molecular formula is C20H19FN2O2. The van der Waals surface area contributed by atoms with E-state index < -0.39 is 6.10 Å². The molecule has 128 valence electrons. The zero-order chi connectivity index (χ0) is 17.6. The van der Waals surface area contributed by atoms with Gasteiger partial charge in [-0.05, 0) is 34.0 Å². The summed E-state index contributed by atoms with van der Waals surface area (Å²) in [6, 6.07) is 19.0. The van der Waals surface area contributed by atoms with Gasteiger partial charge >= 0.3 is 6.03 Å². The van der Waals surface area contributed by atoms with Crippen molar-refractivity contribution in [1.82, 2.24) is 10.6 Å². The van der Waals surface area contributed by atoms with Gasteiger partial charge in [0.15, 0.2) is 0 Å². The molecule has 1 atom stereocenters. The number of urea groups is 1. The Bertz CT molecular complexity index is 860. The molecule has 0 saturated carbocycles. The lowest BCUT2D eigenvalue weighted by Crippen LogP contribution is -2.37. The second-order valence-corrected chi connectivity index (χ2v) is 5.77. The molecule has 25 heavy (non-hydrogen) atoms. The Kier molecular flexibility index (Phi) is 5.26. The largest absolute Gasteiger partial charge is 0.387 e. The lowest BCUT2D eigenvalue weighted by molar-refractivity contribution is 0.174. The van der Waals surface area contributed by atoms with Gasteiger partial charge in [0.05, 0.1) is 6.10 Å². The smallest absolute Gasteiger partial charge is 0.315 e. The molecule has 2 amide bonds. The summed E-state index contributed by atoms with van der Waals surface area (Å²) < 4.78 is 12.8.